The summed E-state index contributed by atoms with van der Waals surface area (Å²) in [5, 5.41) is 45.7. The standard InChI is InChI=1S/C27H28N2O9/c30-23-15-1-2-16(13-15)24(23)37-25(31)38-27(18-7-11-22(12-8-18)29(35)36)20-4-3-19(14-20)26(27,32)17-5-9-21(10-6-17)28(33)34/h5-12,15-16,19-20,23-24,30,32H,1-4,13-14H2. The number of nitrogens with zero attached hydrogens (tertiary/aromatic N) is 2. The molecule has 0 aliphatic heterocycles. The van der Waals surface area contributed by atoms with Gasteiger partial charge in [-0.1, -0.05) is 0 Å². The third-order valence-corrected chi connectivity index (χ3v) is 9.46. The van der Waals surface area contributed by atoms with Crippen molar-refractivity contribution < 1.29 is 34.3 Å². The number of hydrogen-bond acceptors (Lipinski definition) is 9. The van der Waals surface area contributed by atoms with E-state index in [1.165, 1.54) is 48.5 Å². The first-order chi connectivity index (χ1) is 18.1. The minimum Gasteiger partial charge on any atom is -0.428 e. The van der Waals surface area contributed by atoms with Gasteiger partial charge in [-0.3, -0.25) is 20.2 Å². The van der Waals surface area contributed by atoms with Crippen molar-refractivity contribution in [3.63, 3.8) is 0 Å². The van der Waals surface area contributed by atoms with Crippen LogP contribution in [0.4, 0.5) is 16.2 Å². The lowest BCUT2D eigenvalue weighted by Gasteiger charge is -2.49. The Morgan fingerprint density at radius 3 is 1.92 bits per heavy atom. The number of carbonyl (C=O) groups is 1. The highest BCUT2D eigenvalue weighted by atomic mass is 16.7. The van der Waals surface area contributed by atoms with Crippen LogP contribution in [0, 0.1) is 43.9 Å². The maximum atomic E-state index is 13.4. The van der Waals surface area contributed by atoms with Crippen molar-refractivity contribution in [3.05, 3.63) is 79.9 Å². The average molecular weight is 525 g/mol. The molecule has 200 valence electrons. The predicted molar refractivity (Wildman–Crippen MR) is 131 cm³/mol. The molecular formula is C27H28N2O9. The second-order valence-electron chi connectivity index (χ2n) is 11.1. The molecule has 0 aromatic heterocycles. The topological polar surface area (TPSA) is 162 Å². The van der Waals surface area contributed by atoms with Gasteiger partial charge in [-0.25, -0.2) is 4.79 Å². The van der Waals surface area contributed by atoms with Gasteiger partial charge in [-0.05, 0) is 91.7 Å². The van der Waals surface area contributed by atoms with Gasteiger partial charge in [0.25, 0.3) is 11.4 Å². The number of aliphatic hydroxyl groups is 2. The molecule has 0 heterocycles. The Morgan fingerprint density at radius 1 is 0.816 bits per heavy atom. The number of nitro benzene ring substituents is 2. The monoisotopic (exact) mass is 524 g/mol. The van der Waals surface area contributed by atoms with Crippen LogP contribution in [0.5, 0.6) is 0 Å². The molecular weight excluding hydrogens is 496 g/mol. The first kappa shape index (κ1) is 24.7. The lowest BCUT2D eigenvalue weighted by Crippen LogP contribution is -2.56. The van der Waals surface area contributed by atoms with Crippen molar-refractivity contribution in [1.82, 2.24) is 0 Å². The highest BCUT2D eigenvalue weighted by Crippen LogP contribution is 2.67. The summed E-state index contributed by atoms with van der Waals surface area (Å²) < 4.78 is 11.9. The molecule has 4 aliphatic carbocycles. The van der Waals surface area contributed by atoms with Crippen LogP contribution < -0.4 is 0 Å². The molecule has 8 atom stereocenters. The summed E-state index contributed by atoms with van der Waals surface area (Å²) in [6, 6.07) is 11.1. The van der Waals surface area contributed by atoms with Crippen molar-refractivity contribution in [2.75, 3.05) is 0 Å². The van der Waals surface area contributed by atoms with Gasteiger partial charge in [-0.2, -0.15) is 0 Å². The van der Waals surface area contributed by atoms with E-state index in [1.807, 2.05) is 0 Å². The summed E-state index contributed by atoms with van der Waals surface area (Å²) in [6.45, 7) is 0. The molecule has 0 spiro atoms. The molecule has 6 rings (SSSR count). The van der Waals surface area contributed by atoms with E-state index in [0.717, 1.165) is 19.3 Å². The van der Waals surface area contributed by atoms with Crippen LogP contribution in [0.1, 0.15) is 49.7 Å². The van der Waals surface area contributed by atoms with Gasteiger partial charge in [0.05, 0.1) is 16.0 Å². The number of carbonyl (C=O) groups excluding carboxylic acids is 1. The minimum absolute atomic E-state index is 0.0476. The maximum Gasteiger partial charge on any atom is 0.509 e. The summed E-state index contributed by atoms with van der Waals surface area (Å²) in [4.78, 5) is 34.9. The van der Waals surface area contributed by atoms with E-state index >= 15 is 0 Å². The summed E-state index contributed by atoms with van der Waals surface area (Å²) in [5.41, 5.74) is -3.00. The summed E-state index contributed by atoms with van der Waals surface area (Å²) >= 11 is 0. The zero-order valence-electron chi connectivity index (χ0n) is 20.5. The molecule has 4 fully saturated rings. The van der Waals surface area contributed by atoms with Gasteiger partial charge in [0.1, 0.15) is 11.7 Å². The number of hydrogen-bond donors (Lipinski definition) is 2. The first-order valence-electron chi connectivity index (χ1n) is 12.9. The van der Waals surface area contributed by atoms with Crippen molar-refractivity contribution in [2.24, 2.45) is 23.7 Å². The third-order valence-electron chi connectivity index (χ3n) is 9.46. The van der Waals surface area contributed by atoms with E-state index in [4.69, 9.17) is 9.47 Å². The first-order valence-corrected chi connectivity index (χ1v) is 12.9. The number of aliphatic hydroxyl groups excluding tert-OH is 1. The molecule has 4 bridgehead atoms. The van der Waals surface area contributed by atoms with Gasteiger partial charge in [0, 0.05) is 30.2 Å². The molecule has 11 nitrogen and oxygen atoms in total. The molecule has 2 aromatic carbocycles. The van der Waals surface area contributed by atoms with Crippen LogP contribution in [0.2, 0.25) is 0 Å². The van der Waals surface area contributed by atoms with E-state index in [0.29, 0.717) is 30.4 Å². The number of fused-ring (bicyclic) bond motifs is 4. The predicted octanol–water partition coefficient (Wildman–Crippen LogP) is 4.33. The Morgan fingerprint density at radius 2 is 1.37 bits per heavy atom. The van der Waals surface area contributed by atoms with Gasteiger partial charge in [-0.15, -0.1) is 0 Å². The van der Waals surface area contributed by atoms with Crippen molar-refractivity contribution >= 4 is 17.5 Å². The molecule has 38 heavy (non-hydrogen) atoms. The molecule has 4 saturated carbocycles. The second kappa shape index (κ2) is 8.74. The summed E-state index contributed by atoms with van der Waals surface area (Å²) in [6.07, 6.45) is 1.84. The van der Waals surface area contributed by atoms with Gasteiger partial charge in [0.15, 0.2) is 5.60 Å². The number of benzene rings is 2. The fourth-order valence-electron chi connectivity index (χ4n) is 7.78. The molecule has 0 saturated heterocycles. The van der Waals surface area contributed by atoms with E-state index in [2.05, 4.69) is 0 Å². The van der Waals surface area contributed by atoms with Crippen LogP contribution in [-0.2, 0) is 20.7 Å². The minimum atomic E-state index is -1.77. The summed E-state index contributed by atoms with van der Waals surface area (Å²) in [7, 11) is 0. The Hall–Kier alpha value is -3.57. The van der Waals surface area contributed by atoms with E-state index in [-0.39, 0.29) is 35.0 Å². The maximum absolute atomic E-state index is 13.4. The van der Waals surface area contributed by atoms with E-state index < -0.39 is 39.4 Å². The third kappa shape index (κ3) is 3.45. The molecule has 8 unspecified atom stereocenters. The van der Waals surface area contributed by atoms with E-state index in [9.17, 15) is 35.2 Å². The van der Waals surface area contributed by atoms with Gasteiger partial charge < -0.3 is 19.7 Å². The molecule has 4 aliphatic rings. The Labute approximate surface area is 217 Å². The number of rotatable bonds is 6. The quantitative estimate of drug-likeness (QED) is 0.318. The van der Waals surface area contributed by atoms with Crippen LogP contribution in [0.3, 0.4) is 0 Å². The van der Waals surface area contributed by atoms with Gasteiger partial charge in [0.2, 0.25) is 0 Å². The van der Waals surface area contributed by atoms with Gasteiger partial charge >= 0.3 is 6.16 Å². The molecule has 11 heteroatoms. The lowest BCUT2D eigenvalue weighted by atomic mass is 9.65. The second-order valence-corrected chi connectivity index (χ2v) is 11.1. The summed E-state index contributed by atoms with van der Waals surface area (Å²) in [5.74, 6) is -0.524. The molecule has 2 aromatic rings. The fourth-order valence-corrected chi connectivity index (χ4v) is 7.78. The largest absolute Gasteiger partial charge is 0.509 e. The normalized spacial score (nSPS) is 36.8. The highest BCUT2D eigenvalue weighted by Gasteiger charge is 2.71. The SMILES string of the molecule is O=C(OC1C2CCC(C2)C1O)OC1(c2ccc([N+](=O)[O-])cc2)C2CCC(C2)C1(O)c1ccc([N+](=O)[O-])cc1. The number of nitro groups is 2. The highest BCUT2D eigenvalue weighted by molar-refractivity contribution is 5.63. The van der Waals surface area contributed by atoms with Crippen molar-refractivity contribution in [2.45, 2.75) is 61.9 Å². The molecule has 0 radical (unpaired) electrons. The van der Waals surface area contributed by atoms with Crippen molar-refractivity contribution in [3.8, 4) is 0 Å². The van der Waals surface area contributed by atoms with Crippen LogP contribution in [-0.4, -0.2) is 38.4 Å². The number of non-ortho nitro benzene ring substituents is 2. The Balaban J connectivity index is 1.43. The smallest absolute Gasteiger partial charge is 0.428 e. The van der Waals surface area contributed by atoms with Crippen LogP contribution >= 0.6 is 0 Å². The average Bonchev–Trinajstić information content (AvgIpc) is 3.68. The molecule has 2 N–H and O–H groups in total. The lowest BCUT2D eigenvalue weighted by molar-refractivity contribution is -0.385. The zero-order valence-corrected chi connectivity index (χ0v) is 20.5. The van der Waals surface area contributed by atoms with E-state index in [1.54, 1.807) is 0 Å². The Bertz CT molecular complexity index is 1280. The van der Waals surface area contributed by atoms with Crippen molar-refractivity contribution in [1.29, 1.82) is 0 Å². The Kier molecular flexibility index (Phi) is 5.69. The molecule has 0 amide bonds. The number of ether oxygens (including phenoxy) is 2. The fraction of sp³-hybridized carbons (Fsp3) is 0.519. The van der Waals surface area contributed by atoms with Crippen LogP contribution in [0.15, 0.2) is 48.5 Å². The van der Waals surface area contributed by atoms with Crippen LogP contribution in [0.25, 0.3) is 0 Å². The zero-order chi connectivity index (χ0) is 26.8.